The van der Waals surface area contributed by atoms with E-state index in [2.05, 4.69) is 9.97 Å². The third-order valence-electron chi connectivity index (χ3n) is 4.19. The van der Waals surface area contributed by atoms with Crippen LogP contribution in [0.1, 0.15) is 49.5 Å². The van der Waals surface area contributed by atoms with Gasteiger partial charge in [0.2, 0.25) is 0 Å². The highest BCUT2D eigenvalue weighted by molar-refractivity contribution is 6.30. The Kier molecular flexibility index (Phi) is 4.11. The number of hydrogen-bond donors (Lipinski definition) is 1. The first-order valence-corrected chi connectivity index (χ1v) is 7.89. The van der Waals surface area contributed by atoms with Gasteiger partial charge in [-0.3, -0.25) is 4.79 Å². The summed E-state index contributed by atoms with van der Waals surface area (Å²) in [7, 11) is 0. The number of nitrogens with zero attached hydrogens (tertiary/aromatic N) is 1. The largest absolute Gasteiger partial charge is 0.310 e. The predicted octanol–water partition coefficient (Wildman–Crippen LogP) is 4.45. The van der Waals surface area contributed by atoms with Crippen LogP contribution in [0.2, 0.25) is 5.02 Å². The third-order valence-corrected chi connectivity index (χ3v) is 4.44. The molecule has 1 fully saturated rings. The van der Waals surface area contributed by atoms with Crippen molar-refractivity contribution in [2.24, 2.45) is 0 Å². The van der Waals surface area contributed by atoms with Crippen molar-refractivity contribution in [1.82, 2.24) is 9.97 Å². The van der Waals surface area contributed by atoms with Crippen molar-refractivity contribution >= 4 is 11.6 Å². The molecule has 2 aromatic rings. The lowest BCUT2D eigenvalue weighted by Gasteiger charge is -2.23. The fourth-order valence-corrected chi connectivity index (χ4v) is 3.30. The molecule has 1 heterocycles. The molecule has 0 saturated heterocycles. The van der Waals surface area contributed by atoms with Crippen molar-refractivity contribution < 1.29 is 0 Å². The highest BCUT2D eigenvalue weighted by atomic mass is 35.5. The summed E-state index contributed by atoms with van der Waals surface area (Å²) in [5.74, 6) is 1.09. The molecule has 0 aliphatic heterocycles. The van der Waals surface area contributed by atoms with Gasteiger partial charge in [-0.15, -0.1) is 0 Å². The van der Waals surface area contributed by atoms with Crippen LogP contribution < -0.4 is 5.56 Å². The van der Waals surface area contributed by atoms with Crippen LogP contribution in [0.25, 0.3) is 11.1 Å². The van der Waals surface area contributed by atoms with E-state index in [1.165, 1.54) is 19.3 Å². The molecule has 0 bridgehead atoms. The first kappa shape index (κ1) is 14.3. The molecule has 3 rings (SSSR count). The molecule has 0 unspecified atom stereocenters. The van der Waals surface area contributed by atoms with Crippen molar-refractivity contribution in [2.75, 3.05) is 0 Å². The molecule has 1 aromatic heterocycles. The monoisotopic (exact) mass is 302 g/mol. The first-order valence-electron chi connectivity index (χ1n) is 7.52. The summed E-state index contributed by atoms with van der Waals surface area (Å²) in [4.78, 5) is 20.0. The van der Waals surface area contributed by atoms with Crippen LogP contribution in [-0.4, -0.2) is 9.97 Å². The van der Waals surface area contributed by atoms with Gasteiger partial charge in [0.25, 0.3) is 5.56 Å². The molecule has 1 aliphatic rings. The Morgan fingerprint density at radius 1 is 1.14 bits per heavy atom. The molecule has 1 aromatic carbocycles. The fourth-order valence-electron chi connectivity index (χ4n) is 3.17. The van der Waals surface area contributed by atoms with Crippen LogP contribution in [0.15, 0.2) is 29.1 Å². The number of hydrogen-bond acceptors (Lipinski definition) is 2. The van der Waals surface area contributed by atoms with Crippen LogP contribution in [0.4, 0.5) is 0 Å². The second-order valence-electron chi connectivity index (χ2n) is 5.75. The maximum atomic E-state index is 12.5. The van der Waals surface area contributed by atoms with E-state index in [9.17, 15) is 4.79 Å². The Bertz CT molecular complexity index is 685. The van der Waals surface area contributed by atoms with Crippen LogP contribution in [0.3, 0.4) is 0 Å². The molecule has 0 atom stereocenters. The number of nitrogens with one attached hydrogen (secondary N) is 1. The third kappa shape index (κ3) is 3.03. The van der Waals surface area contributed by atoms with Crippen LogP contribution in [0, 0.1) is 6.92 Å². The molecule has 1 aliphatic carbocycles. The van der Waals surface area contributed by atoms with Gasteiger partial charge in [-0.25, -0.2) is 4.98 Å². The maximum Gasteiger partial charge on any atom is 0.259 e. The Hall–Kier alpha value is -1.61. The first-order chi connectivity index (χ1) is 10.1. The average molecular weight is 303 g/mol. The number of aromatic nitrogens is 2. The lowest BCUT2D eigenvalue weighted by molar-refractivity contribution is 0.436. The van der Waals surface area contributed by atoms with Gasteiger partial charge in [0.05, 0.1) is 11.3 Å². The van der Waals surface area contributed by atoms with Crippen molar-refractivity contribution in [3.05, 3.63) is 51.2 Å². The smallest absolute Gasteiger partial charge is 0.259 e. The van der Waals surface area contributed by atoms with E-state index in [1.807, 2.05) is 31.2 Å². The van der Waals surface area contributed by atoms with Crippen LogP contribution >= 0.6 is 11.6 Å². The molecule has 21 heavy (non-hydrogen) atoms. The molecule has 0 spiro atoms. The normalized spacial score (nSPS) is 16.1. The summed E-state index contributed by atoms with van der Waals surface area (Å²) in [6.45, 7) is 1.85. The molecular weight excluding hydrogens is 284 g/mol. The van der Waals surface area contributed by atoms with Crippen molar-refractivity contribution in [1.29, 1.82) is 0 Å². The number of aryl methyl sites for hydroxylation is 1. The molecule has 110 valence electrons. The predicted molar refractivity (Wildman–Crippen MR) is 85.9 cm³/mol. The van der Waals surface area contributed by atoms with Gasteiger partial charge in [-0.1, -0.05) is 43.0 Å². The Morgan fingerprint density at radius 2 is 1.81 bits per heavy atom. The topological polar surface area (TPSA) is 45.8 Å². The summed E-state index contributed by atoms with van der Waals surface area (Å²) < 4.78 is 0. The minimum Gasteiger partial charge on any atom is -0.310 e. The highest BCUT2D eigenvalue weighted by Gasteiger charge is 2.23. The van der Waals surface area contributed by atoms with Gasteiger partial charge in [0, 0.05) is 10.9 Å². The SMILES string of the molecule is Cc1nc(C2CCCCC2)c(-c2ccc(Cl)cc2)c(=O)[nH]1. The zero-order valence-electron chi connectivity index (χ0n) is 12.2. The van der Waals surface area contributed by atoms with E-state index in [1.54, 1.807) is 0 Å². The minimum atomic E-state index is -0.0506. The molecule has 1 saturated carbocycles. The summed E-state index contributed by atoms with van der Waals surface area (Å²) in [6, 6.07) is 7.44. The van der Waals surface area contributed by atoms with Crippen molar-refractivity contribution in [3.63, 3.8) is 0 Å². The van der Waals surface area contributed by atoms with E-state index in [0.29, 0.717) is 22.3 Å². The van der Waals surface area contributed by atoms with Gasteiger partial charge < -0.3 is 4.98 Å². The van der Waals surface area contributed by atoms with Gasteiger partial charge in [0.1, 0.15) is 5.82 Å². The average Bonchev–Trinajstić information content (AvgIpc) is 2.49. The molecular formula is C17H19ClN2O. The molecule has 4 heteroatoms. The second kappa shape index (κ2) is 6.02. The summed E-state index contributed by atoms with van der Waals surface area (Å²) >= 11 is 5.95. The lowest BCUT2D eigenvalue weighted by atomic mass is 9.84. The summed E-state index contributed by atoms with van der Waals surface area (Å²) in [5.41, 5.74) is 2.52. The van der Waals surface area contributed by atoms with Crippen molar-refractivity contribution in [2.45, 2.75) is 44.9 Å². The molecule has 0 radical (unpaired) electrons. The Labute approximate surface area is 129 Å². The fraction of sp³-hybridized carbons (Fsp3) is 0.412. The van der Waals surface area contributed by atoms with E-state index >= 15 is 0 Å². The molecule has 0 amide bonds. The number of halogens is 1. The number of rotatable bonds is 2. The zero-order chi connectivity index (χ0) is 14.8. The maximum absolute atomic E-state index is 12.5. The summed E-state index contributed by atoms with van der Waals surface area (Å²) in [5, 5.41) is 0.675. The highest BCUT2D eigenvalue weighted by Crippen LogP contribution is 2.35. The van der Waals surface area contributed by atoms with Gasteiger partial charge >= 0.3 is 0 Å². The van der Waals surface area contributed by atoms with E-state index in [0.717, 1.165) is 24.1 Å². The second-order valence-corrected chi connectivity index (χ2v) is 6.19. The minimum absolute atomic E-state index is 0.0506. The number of benzene rings is 1. The Balaban J connectivity index is 2.13. The van der Waals surface area contributed by atoms with E-state index in [4.69, 9.17) is 11.6 Å². The number of H-pyrrole nitrogens is 1. The van der Waals surface area contributed by atoms with Gasteiger partial charge in [-0.2, -0.15) is 0 Å². The molecule has 1 N–H and O–H groups in total. The standard InChI is InChI=1S/C17H19ClN2O/c1-11-19-16(13-5-3-2-4-6-13)15(17(21)20-11)12-7-9-14(18)10-8-12/h7-10,13H,2-6H2,1H3,(H,19,20,21). The quantitative estimate of drug-likeness (QED) is 0.891. The lowest BCUT2D eigenvalue weighted by Crippen LogP contribution is -2.19. The van der Waals surface area contributed by atoms with E-state index < -0.39 is 0 Å². The number of aromatic amines is 1. The van der Waals surface area contributed by atoms with E-state index in [-0.39, 0.29) is 5.56 Å². The van der Waals surface area contributed by atoms with Gasteiger partial charge in [-0.05, 0) is 37.5 Å². The molecule has 3 nitrogen and oxygen atoms in total. The van der Waals surface area contributed by atoms with Crippen LogP contribution in [-0.2, 0) is 0 Å². The van der Waals surface area contributed by atoms with Crippen LogP contribution in [0.5, 0.6) is 0 Å². The summed E-state index contributed by atoms with van der Waals surface area (Å²) in [6.07, 6.45) is 5.97. The van der Waals surface area contributed by atoms with Crippen molar-refractivity contribution in [3.8, 4) is 11.1 Å². The van der Waals surface area contributed by atoms with Gasteiger partial charge in [0.15, 0.2) is 0 Å². The zero-order valence-corrected chi connectivity index (χ0v) is 12.9. The Morgan fingerprint density at radius 3 is 2.48 bits per heavy atom.